The molecule has 0 aromatic heterocycles. The lowest BCUT2D eigenvalue weighted by atomic mass is 10.2. The molecule has 0 unspecified atom stereocenters. The number of benzene rings is 2. The molecule has 6 heteroatoms. The highest BCUT2D eigenvalue weighted by Crippen LogP contribution is 2.25. The molecule has 0 saturated heterocycles. The molecule has 2 aromatic carbocycles. The minimum absolute atomic E-state index is 0.0589. The first-order valence-corrected chi connectivity index (χ1v) is 7.16. The van der Waals surface area contributed by atoms with Crippen molar-refractivity contribution in [1.82, 2.24) is 0 Å². The molecular weight excluding hydrogens is 304 g/mol. The highest BCUT2D eigenvalue weighted by molar-refractivity contribution is 5.92. The molecule has 0 heterocycles. The van der Waals surface area contributed by atoms with Crippen LogP contribution in [0.15, 0.2) is 54.6 Å². The number of halogens is 2. The molecular formula is C17H17F2NO3. The van der Waals surface area contributed by atoms with E-state index in [-0.39, 0.29) is 23.8 Å². The lowest BCUT2D eigenvalue weighted by Crippen LogP contribution is -2.14. The smallest absolute Gasteiger partial charge is 0.387 e. The molecule has 0 radical (unpaired) electrons. The van der Waals surface area contributed by atoms with E-state index in [0.29, 0.717) is 13.0 Å². The van der Waals surface area contributed by atoms with Gasteiger partial charge in [0.25, 0.3) is 0 Å². The summed E-state index contributed by atoms with van der Waals surface area (Å²) in [5.41, 5.74) is 0.224. The maximum atomic E-state index is 12.3. The van der Waals surface area contributed by atoms with Crippen LogP contribution in [0.1, 0.15) is 12.8 Å². The number of carbonyl (C=O) groups excluding carboxylic acids is 1. The van der Waals surface area contributed by atoms with Gasteiger partial charge in [-0.15, -0.1) is 0 Å². The number of carbonyl (C=O) groups is 1. The van der Waals surface area contributed by atoms with Gasteiger partial charge in [0, 0.05) is 6.42 Å². The summed E-state index contributed by atoms with van der Waals surface area (Å²) in [6.45, 7) is -2.54. The first-order valence-electron chi connectivity index (χ1n) is 7.16. The van der Waals surface area contributed by atoms with Crippen molar-refractivity contribution in [2.24, 2.45) is 0 Å². The van der Waals surface area contributed by atoms with E-state index >= 15 is 0 Å². The van der Waals surface area contributed by atoms with E-state index in [1.165, 1.54) is 12.1 Å². The second-order valence-corrected chi connectivity index (χ2v) is 4.69. The van der Waals surface area contributed by atoms with Gasteiger partial charge in [-0.25, -0.2) is 0 Å². The average Bonchev–Trinajstić information content (AvgIpc) is 2.54. The number of amides is 1. The molecule has 1 amide bonds. The molecule has 0 fully saturated rings. The van der Waals surface area contributed by atoms with Gasteiger partial charge < -0.3 is 14.8 Å². The zero-order valence-corrected chi connectivity index (χ0v) is 12.4. The summed E-state index contributed by atoms with van der Waals surface area (Å²) in [5, 5.41) is 2.56. The Balaban J connectivity index is 1.76. The Bertz CT molecular complexity index is 620. The van der Waals surface area contributed by atoms with Crippen molar-refractivity contribution in [2.45, 2.75) is 19.5 Å². The van der Waals surface area contributed by atoms with Gasteiger partial charge >= 0.3 is 6.61 Å². The SMILES string of the molecule is O=C(CCCOc1ccccc1)Nc1ccccc1OC(F)F. The number of rotatable bonds is 8. The molecule has 122 valence electrons. The maximum absolute atomic E-state index is 12.3. The van der Waals surface area contributed by atoms with E-state index < -0.39 is 6.61 Å². The predicted molar refractivity (Wildman–Crippen MR) is 82.9 cm³/mol. The maximum Gasteiger partial charge on any atom is 0.387 e. The average molecular weight is 321 g/mol. The first kappa shape index (κ1) is 16.7. The normalized spacial score (nSPS) is 10.4. The predicted octanol–water partition coefficient (Wildman–Crippen LogP) is 4.09. The van der Waals surface area contributed by atoms with Gasteiger partial charge in [-0.2, -0.15) is 8.78 Å². The fourth-order valence-electron chi connectivity index (χ4n) is 1.92. The van der Waals surface area contributed by atoms with Crippen molar-refractivity contribution >= 4 is 11.6 Å². The van der Waals surface area contributed by atoms with E-state index in [9.17, 15) is 13.6 Å². The third-order valence-corrected chi connectivity index (χ3v) is 2.94. The standard InChI is InChI=1S/C17H17F2NO3/c18-17(19)23-15-10-5-4-9-14(15)20-16(21)11-6-12-22-13-7-2-1-3-8-13/h1-5,7-10,17H,6,11-12H2,(H,20,21). The molecule has 2 aromatic rings. The third-order valence-electron chi connectivity index (χ3n) is 2.94. The van der Waals surface area contributed by atoms with Crippen molar-refractivity contribution in [3.8, 4) is 11.5 Å². The molecule has 0 aliphatic heterocycles. The zero-order chi connectivity index (χ0) is 16.5. The number of hydrogen-bond acceptors (Lipinski definition) is 3. The second kappa shape index (κ2) is 8.73. The molecule has 2 rings (SSSR count). The summed E-state index contributed by atoms with van der Waals surface area (Å²) < 4.78 is 34.4. The van der Waals surface area contributed by atoms with Crippen LogP contribution in [0.5, 0.6) is 11.5 Å². The molecule has 1 N–H and O–H groups in total. The Morgan fingerprint density at radius 3 is 2.48 bits per heavy atom. The number of anilines is 1. The van der Waals surface area contributed by atoms with Crippen molar-refractivity contribution in [3.05, 3.63) is 54.6 Å². The van der Waals surface area contributed by atoms with Crippen molar-refractivity contribution in [2.75, 3.05) is 11.9 Å². The van der Waals surface area contributed by atoms with Crippen LogP contribution in [0.25, 0.3) is 0 Å². The molecule has 0 bridgehead atoms. The van der Waals surface area contributed by atoms with Gasteiger partial charge in [0.15, 0.2) is 0 Å². The molecule has 0 saturated carbocycles. The number of para-hydroxylation sites is 3. The van der Waals surface area contributed by atoms with E-state index in [1.54, 1.807) is 12.1 Å². The Morgan fingerprint density at radius 1 is 1.04 bits per heavy atom. The van der Waals surface area contributed by atoms with Crippen molar-refractivity contribution in [3.63, 3.8) is 0 Å². The lowest BCUT2D eigenvalue weighted by molar-refractivity contribution is -0.116. The number of ether oxygens (including phenoxy) is 2. The Hall–Kier alpha value is -2.63. The molecule has 23 heavy (non-hydrogen) atoms. The Kier molecular flexibility index (Phi) is 6.35. The molecule has 0 aliphatic rings. The summed E-state index contributed by atoms with van der Waals surface area (Å²) >= 11 is 0. The van der Waals surface area contributed by atoms with Gasteiger partial charge in [-0.1, -0.05) is 30.3 Å². The van der Waals surface area contributed by atoms with Gasteiger partial charge in [0.1, 0.15) is 11.5 Å². The molecule has 0 atom stereocenters. The summed E-state index contributed by atoms with van der Waals surface area (Å²) in [4.78, 5) is 11.9. The summed E-state index contributed by atoms with van der Waals surface area (Å²) in [6, 6.07) is 15.4. The highest BCUT2D eigenvalue weighted by atomic mass is 19.3. The number of nitrogens with one attached hydrogen (secondary N) is 1. The quantitative estimate of drug-likeness (QED) is 0.745. The van der Waals surface area contributed by atoms with E-state index in [0.717, 1.165) is 5.75 Å². The summed E-state index contributed by atoms with van der Waals surface area (Å²) in [6.07, 6.45) is 0.731. The van der Waals surface area contributed by atoms with Crippen LogP contribution in [-0.2, 0) is 4.79 Å². The number of alkyl halides is 2. The molecule has 4 nitrogen and oxygen atoms in total. The zero-order valence-electron chi connectivity index (χ0n) is 12.4. The summed E-state index contributed by atoms with van der Waals surface area (Å²) in [7, 11) is 0. The van der Waals surface area contributed by atoms with Crippen molar-refractivity contribution in [1.29, 1.82) is 0 Å². The minimum atomic E-state index is -2.94. The van der Waals surface area contributed by atoms with Gasteiger partial charge in [0.2, 0.25) is 5.91 Å². The van der Waals surface area contributed by atoms with Gasteiger partial charge in [0.05, 0.1) is 12.3 Å². The van der Waals surface area contributed by atoms with Crippen LogP contribution in [0.3, 0.4) is 0 Å². The van der Waals surface area contributed by atoms with Crippen LogP contribution < -0.4 is 14.8 Å². The second-order valence-electron chi connectivity index (χ2n) is 4.69. The lowest BCUT2D eigenvalue weighted by Gasteiger charge is -2.11. The summed E-state index contributed by atoms with van der Waals surface area (Å²) in [5.74, 6) is 0.395. The van der Waals surface area contributed by atoms with Crippen LogP contribution in [-0.4, -0.2) is 19.1 Å². The van der Waals surface area contributed by atoms with Crippen LogP contribution >= 0.6 is 0 Å². The highest BCUT2D eigenvalue weighted by Gasteiger charge is 2.11. The van der Waals surface area contributed by atoms with Crippen LogP contribution in [0, 0.1) is 0 Å². The third kappa shape index (κ3) is 5.94. The van der Waals surface area contributed by atoms with Crippen LogP contribution in [0.4, 0.5) is 14.5 Å². The molecule has 0 aliphatic carbocycles. The van der Waals surface area contributed by atoms with E-state index in [1.807, 2.05) is 30.3 Å². The van der Waals surface area contributed by atoms with Gasteiger partial charge in [-0.3, -0.25) is 4.79 Å². The minimum Gasteiger partial charge on any atom is -0.494 e. The van der Waals surface area contributed by atoms with Crippen molar-refractivity contribution < 1.29 is 23.0 Å². The van der Waals surface area contributed by atoms with Crippen LogP contribution in [0.2, 0.25) is 0 Å². The van der Waals surface area contributed by atoms with E-state index in [2.05, 4.69) is 10.1 Å². The largest absolute Gasteiger partial charge is 0.494 e. The Labute approximate surface area is 133 Å². The molecule has 0 spiro atoms. The number of hydrogen-bond donors (Lipinski definition) is 1. The topological polar surface area (TPSA) is 47.6 Å². The first-order chi connectivity index (χ1) is 11.1. The monoisotopic (exact) mass is 321 g/mol. The fourth-order valence-corrected chi connectivity index (χ4v) is 1.92. The fraction of sp³-hybridized carbons (Fsp3) is 0.235. The van der Waals surface area contributed by atoms with Gasteiger partial charge in [-0.05, 0) is 30.7 Å². The van der Waals surface area contributed by atoms with E-state index in [4.69, 9.17) is 4.74 Å². The Morgan fingerprint density at radius 2 is 1.74 bits per heavy atom.